The van der Waals surface area contributed by atoms with E-state index >= 15 is 0 Å². The van der Waals surface area contributed by atoms with Gasteiger partial charge in [-0.3, -0.25) is 9.78 Å². The third-order valence-electron chi connectivity index (χ3n) is 5.45. The molecular weight excluding hydrogens is 347 g/mol. The molecular formula is C21H23FN2O3. The number of benzene rings is 1. The molecule has 0 aliphatic carbocycles. The molecule has 1 aromatic heterocycles. The van der Waals surface area contributed by atoms with Gasteiger partial charge < -0.3 is 14.7 Å². The van der Waals surface area contributed by atoms with Gasteiger partial charge in [0.15, 0.2) is 0 Å². The standard InChI is InChI=1S/C21H23FN2O3/c1-13-15(9-14-3-2-4-16(22)10-14)11-17-18(23-13)5-7-24(21(17)26)19-12-27-8-6-20(19)25/h2-4,10-11,19-20,25H,5-9,12H2,1H3. The minimum Gasteiger partial charge on any atom is -0.391 e. The maximum Gasteiger partial charge on any atom is 0.256 e. The van der Waals surface area contributed by atoms with Crippen LogP contribution in [0, 0.1) is 12.7 Å². The summed E-state index contributed by atoms with van der Waals surface area (Å²) in [7, 11) is 0. The number of carbonyl (C=O) groups is 1. The van der Waals surface area contributed by atoms with Crippen LogP contribution in [0.5, 0.6) is 0 Å². The zero-order chi connectivity index (χ0) is 19.0. The van der Waals surface area contributed by atoms with Gasteiger partial charge >= 0.3 is 0 Å². The fourth-order valence-electron chi connectivity index (χ4n) is 3.93. The first-order chi connectivity index (χ1) is 13.0. The van der Waals surface area contributed by atoms with E-state index in [4.69, 9.17) is 4.74 Å². The van der Waals surface area contributed by atoms with Gasteiger partial charge in [0, 0.05) is 25.3 Å². The van der Waals surface area contributed by atoms with Crippen molar-refractivity contribution in [3.63, 3.8) is 0 Å². The van der Waals surface area contributed by atoms with E-state index in [1.165, 1.54) is 12.1 Å². The first kappa shape index (κ1) is 18.1. The second-order valence-corrected chi connectivity index (χ2v) is 7.28. The lowest BCUT2D eigenvalue weighted by Crippen LogP contribution is -2.54. The maximum atomic E-state index is 13.5. The quantitative estimate of drug-likeness (QED) is 0.900. The topological polar surface area (TPSA) is 62.7 Å². The van der Waals surface area contributed by atoms with Crippen LogP contribution in [0.3, 0.4) is 0 Å². The molecule has 4 rings (SSSR count). The summed E-state index contributed by atoms with van der Waals surface area (Å²) in [6.45, 7) is 3.34. The molecule has 0 spiro atoms. The fraction of sp³-hybridized carbons (Fsp3) is 0.429. The minimum absolute atomic E-state index is 0.112. The van der Waals surface area contributed by atoms with E-state index in [9.17, 15) is 14.3 Å². The summed E-state index contributed by atoms with van der Waals surface area (Å²) in [5.74, 6) is -0.386. The monoisotopic (exact) mass is 370 g/mol. The Balaban J connectivity index is 1.63. The largest absolute Gasteiger partial charge is 0.391 e. The molecule has 27 heavy (non-hydrogen) atoms. The first-order valence-electron chi connectivity index (χ1n) is 9.33. The van der Waals surface area contributed by atoms with Crippen molar-refractivity contribution in [1.29, 1.82) is 0 Å². The van der Waals surface area contributed by atoms with Crippen molar-refractivity contribution in [1.82, 2.24) is 9.88 Å². The number of aryl methyl sites for hydroxylation is 1. The molecule has 0 radical (unpaired) electrons. The summed E-state index contributed by atoms with van der Waals surface area (Å²) < 4.78 is 19.0. The molecule has 1 fully saturated rings. The summed E-state index contributed by atoms with van der Waals surface area (Å²) in [4.78, 5) is 19.5. The molecule has 142 valence electrons. The minimum atomic E-state index is -0.561. The number of amides is 1. The Morgan fingerprint density at radius 1 is 1.37 bits per heavy atom. The van der Waals surface area contributed by atoms with E-state index in [2.05, 4.69) is 4.98 Å². The highest BCUT2D eigenvalue weighted by Gasteiger charge is 2.36. The van der Waals surface area contributed by atoms with Gasteiger partial charge in [0.2, 0.25) is 0 Å². The van der Waals surface area contributed by atoms with Gasteiger partial charge in [-0.2, -0.15) is 0 Å². The Morgan fingerprint density at radius 3 is 3.00 bits per heavy atom. The normalized spacial score (nSPS) is 22.6. The summed E-state index contributed by atoms with van der Waals surface area (Å²) in [6.07, 6.45) is 1.16. The number of nitrogens with zero attached hydrogens (tertiary/aromatic N) is 2. The van der Waals surface area contributed by atoms with Crippen LogP contribution in [0.15, 0.2) is 30.3 Å². The van der Waals surface area contributed by atoms with E-state index < -0.39 is 6.10 Å². The number of rotatable bonds is 3. The predicted molar refractivity (Wildman–Crippen MR) is 98.2 cm³/mol. The molecule has 6 heteroatoms. The van der Waals surface area contributed by atoms with Crippen molar-refractivity contribution in [2.24, 2.45) is 0 Å². The average molecular weight is 370 g/mol. The van der Waals surface area contributed by atoms with Crippen LogP contribution in [0.25, 0.3) is 0 Å². The number of aliphatic hydroxyl groups excluding tert-OH is 1. The summed E-state index contributed by atoms with van der Waals surface area (Å²) in [5.41, 5.74) is 3.99. The second kappa shape index (κ2) is 7.37. The first-order valence-corrected chi connectivity index (χ1v) is 9.33. The molecule has 3 heterocycles. The third kappa shape index (κ3) is 3.59. The second-order valence-electron chi connectivity index (χ2n) is 7.28. The molecule has 2 atom stereocenters. The molecule has 2 aliphatic rings. The number of carbonyl (C=O) groups excluding carboxylic acids is 1. The lowest BCUT2D eigenvalue weighted by atomic mass is 9.95. The number of hydrogen-bond donors (Lipinski definition) is 1. The van der Waals surface area contributed by atoms with Crippen LogP contribution >= 0.6 is 0 Å². The molecule has 1 amide bonds. The molecule has 2 aromatic rings. The summed E-state index contributed by atoms with van der Waals surface area (Å²) in [6, 6.07) is 8.04. The van der Waals surface area contributed by atoms with Crippen molar-refractivity contribution in [2.45, 2.75) is 38.3 Å². The van der Waals surface area contributed by atoms with Gasteiger partial charge in [-0.1, -0.05) is 12.1 Å². The SMILES string of the molecule is Cc1nc2c(cc1Cc1cccc(F)c1)C(=O)N(C1COCCC1O)CC2. The number of fused-ring (bicyclic) bond motifs is 1. The van der Waals surface area contributed by atoms with Crippen LogP contribution < -0.4 is 0 Å². The van der Waals surface area contributed by atoms with Crippen LogP contribution in [0.1, 0.15) is 39.3 Å². The summed E-state index contributed by atoms with van der Waals surface area (Å²) >= 11 is 0. The number of aromatic nitrogens is 1. The lowest BCUT2D eigenvalue weighted by Gasteiger charge is -2.39. The average Bonchev–Trinajstić information content (AvgIpc) is 2.64. The van der Waals surface area contributed by atoms with E-state index in [0.29, 0.717) is 44.6 Å². The number of ether oxygens (including phenoxy) is 1. The van der Waals surface area contributed by atoms with Crippen molar-refractivity contribution < 1.29 is 19.0 Å². The Labute approximate surface area is 157 Å². The van der Waals surface area contributed by atoms with Gasteiger partial charge in [0.25, 0.3) is 5.91 Å². The third-order valence-corrected chi connectivity index (χ3v) is 5.45. The molecule has 0 saturated carbocycles. The van der Waals surface area contributed by atoms with E-state index in [0.717, 1.165) is 22.5 Å². The van der Waals surface area contributed by atoms with E-state index in [1.54, 1.807) is 11.0 Å². The van der Waals surface area contributed by atoms with Crippen molar-refractivity contribution in [2.75, 3.05) is 19.8 Å². The van der Waals surface area contributed by atoms with Gasteiger partial charge in [-0.15, -0.1) is 0 Å². The fourth-order valence-corrected chi connectivity index (χ4v) is 3.93. The van der Waals surface area contributed by atoms with E-state index in [1.807, 2.05) is 19.1 Å². The molecule has 2 unspecified atom stereocenters. The zero-order valence-electron chi connectivity index (χ0n) is 15.3. The van der Waals surface area contributed by atoms with Crippen LogP contribution in [-0.4, -0.2) is 52.8 Å². The molecule has 0 bridgehead atoms. The van der Waals surface area contributed by atoms with Crippen LogP contribution in [-0.2, 0) is 17.6 Å². The van der Waals surface area contributed by atoms with Crippen LogP contribution in [0.4, 0.5) is 4.39 Å². The Hall–Kier alpha value is -2.31. The highest BCUT2D eigenvalue weighted by atomic mass is 19.1. The van der Waals surface area contributed by atoms with Crippen molar-refractivity contribution in [3.8, 4) is 0 Å². The highest BCUT2D eigenvalue weighted by Crippen LogP contribution is 2.26. The molecule has 5 nitrogen and oxygen atoms in total. The smallest absolute Gasteiger partial charge is 0.256 e. The van der Waals surface area contributed by atoms with Crippen molar-refractivity contribution >= 4 is 5.91 Å². The molecule has 1 N–H and O–H groups in total. The Morgan fingerprint density at radius 2 is 2.22 bits per heavy atom. The van der Waals surface area contributed by atoms with Crippen molar-refractivity contribution in [3.05, 3.63) is 64.2 Å². The Kier molecular flexibility index (Phi) is 4.93. The number of aliphatic hydroxyl groups is 1. The van der Waals surface area contributed by atoms with Gasteiger partial charge in [0.1, 0.15) is 5.82 Å². The van der Waals surface area contributed by atoms with Crippen LogP contribution in [0.2, 0.25) is 0 Å². The maximum absolute atomic E-state index is 13.5. The number of pyridine rings is 1. The lowest BCUT2D eigenvalue weighted by molar-refractivity contribution is -0.0537. The summed E-state index contributed by atoms with van der Waals surface area (Å²) in [5, 5.41) is 10.3. The Bertz CT molecular complexity index is 871. The highest BCUT2D eigenvalue weighted by molar-refractivity contribution is 5.96. The number of hydrogen-bond acceptors (Lipinski definition) is 4. The predicted octanol–water partition coefficient (Wildman–Crippen LogP) is 2.27. The number of halogens is 1. The zero-order valence-corrected chi connectivity index (χ0v) is 15.3. The molecule has 1 saturated heterocycles. The van der Waals surface area contributed by atoms with Gasteiger partial charge in [0.05, 0.1) is 30.0 Å². The van der Waals surface area contributed by atoms with Gasteiger partial charge in [-0.05, 0) is 49.1 Å². The molecule has 1 aromatic carbocycles. The van der Waals surface area contributed by atoms with E-state index in [-0.39, 0.29) is 17.8 Å². The molecule has 2 aliphatic heterocycles. The van der Waals surface area contributed by atoms with Gasteiger partial charge in [-0.25, -0.2) is 4.39 Å².